The Labute approximate surface area is 114 Å². The zero-order valence-electron chi connectivity index (χ0n) is 11.7. The number of nitrogens with zero attached hydrogens (tertiary/aromatic N) is 1. The lowest BCUT2D eigenvalue weighted by Crippen LogP contribution is -2.46. The lowest BCUT2D eigenvalue weighted by Gasteiger charge is -2.15. The standard InChI is InChI=1S/C12H25N5O2/c1-9(8-19-2)15-12(17-13)14-7-3-4-11(18)16-10-5-6-10/h9-10H,3-8,13H2,1-2H3,(H,16,18)(H2,14,15,17). The molecule has 0 aromatic carbocycles. The molecule has 7 heteroatoms. The van der Waals surface area contributed by atoms with Crippen LogP contribution in [0.2, 0.25) is 0 Å². The van der Waals surface area contributed by atoms with Gasteiger partial charge in [0.05, 0.1) is 6.61 Å². The van der Waals surface area contributed by atoms with Gasteiger partial charge in [-0.3, -0.25) is 15.2 Å². The molecule has 1 amide bonds. The first-order valence-electron chi connectivity index (χ1n) is 6.71. The van der Waals surface area contributed by atoms with Crippen LogP contribution < -0.4 is 21.9 Å². The molecule has 0 aromatic rings. The van der Waals surface area contributed by atoms with Crippen molar-refractivity contribution in [2.24, 2.45) is 10.8 Å². The zero-order chi connectivity index (χ0) is 14.1. The number of carbonyl (C=O) groups excluding carboxylic acids is 1. The summed E-state index contributed by atoms with van der Waals surface area (Å²) in [4.78, 5) is 15.7. The van der Waals surface area contributed by atoms with Crippen molar-refractivity contribution >= 4 is 11.9 Å². The third kappa shape index (κ3) is 7.63. The minimum absolute atomic E-state index is 0.112. The Hall–Kier alpha value is -1.34. The van der Waals surface area contributed by atoms with Gasteiger partial charge in [0.1, 0.15) is 0 Å². The number of hydrogen-bond donors (Lipinski definition) is 4. The van der Waals surface area contributed by atoms with Crippen molar-refractivity contribution in [1.82, 2.24) is 16.1 Å². The first kappa shape index (κ1) is 15.7. The molecule has 7 nitrogen and oxygen atoms in total. The topological polar surface area (TPSA) is 101 Å². The molecule has 110 valence electrons. The van der Waals surface area contributed by atoms with Gasteiger partial charge < -0.3 is 15.4 Å². The zero-order valence-corrected chi connectivity index (χ0v) is 11.7. The van der Waals surface area contributed by atoms with E-state index >= 15 is 0 Å². The Morgan fingerprint density at radius 1 is 1.53 bits per heavy atom. The molecule has 0 bridgehead atoms. The van der Waals surface area contributed by atoms with Crippen molar-refractivity contribution in [3.63, 3.8) is 0 Å². The summed E-state index contributed by atoms with van der Waals surface area (Å²) in [6.07, 6.45) is 3.45. The number of amides is 1. The van der Waals surface area contributed by atoms with Crippen LogP contribution in [0.25, 0.3) is 0 Å². The molecule has 1 unspecified atom stereocenters. The van der Waals surface area contributed by atoms with E-state index in [1.165, 1.54) is 0 Å². The molecule has 0 aromatic heterocycles. The van der Waals surface area contributed by atoms with E-state index in [9.17, 15) is 4.79 Å². The van der Waals surface area contributed by atoms with E-state index < -0.39 is 0 Å². The van der Waals surface area contributed by atoms with Crippen LogP contribution in [-0.4, -0.2) is 44.2 Å². The van der Waals surface area contributed by atoms with E-state index in [-0.39, 0.29) is 11.9 Å². The van der Waals surface area contributed by atoms with E-state index in [4.69, 9.17) is 10.6 Å². The van der Waals surface area contributed by atoms with Gasteiger partial charge in [0.25, 0.3) is 0 Å². The highest BCUT2D eigenvalue weighted by molar-refractivity contribution is 5.79. The number of hydrazine groups is 1. The van der Waals surface area contributed by atoms with Crippen molar-refractivity contribution in [1.29, 1.82) is 0 Å². The Morgan fingerprint density at radius 3 is 2.84 bits per heavy atom. The molecule has 1 aliphatic carbocycles. The number of guanidine groups is 1. The highest BCUT2D eigenvalue weighted by atomic mass is 16.5. The van der Waals surface area contributed by atoms with Crippen LogP contribution >= 0.6 is 0 Å². The molecule has 1 atom stereocenters. The second kappa shape index (κ2) is 8.71. The average molecular weight is 271 g/mol. The highest BCUT2D eigenvalue weighted by Crippen LogP contribution is 2.18. The van der Waals surface area contributed by atoms with Gasteiger partial charge in [-0.15, -0.1) is 0 Å². The quantitative estimate of drug-likeness (QED) is 0.157. The van der Waals surface area contributed by atoms with Crippen LogP contribution in [0.4, 0.5) is 0 Å². The fraction of sp³-hybridized carbons (Fsp3) is 0.833. The van der Waals surface area contributed by atoms with Crippen LogP contribution in [0, 0.1) is 0 Å². The molecular weight excluding hydrogens is 246 g/mol. The second-order valence-electron chi connectivity index (χ2n) is 4.82. The molecule has 0 aliphatic heterocycles. The summed E-state index contributed by atoms with van der Waals surface area (Å²) < 4.78 is 5.01. The molecule has 0 radical (unpaired) electrons. The Balaban J connectivity index is 2.14. The van der Waals surface area contributed by atoms with Gasteiger partial charge in [0.15, 0.2) is 0 Å². The van der Waals surface area contributed by atoms with Crippen LogP contribution in [-0.2, 0) is 9.53 Å². The molecular formula is C12H25N5O2. The average Bonchev–Trinajstić information content (AvgIpc) is 3.17. The normalized spacial score (nSPS) is 16.9. The molecule has 1 fully saturated rings. The van der Waals surface area contributed by atoms with Gasteiger partial charge in [-0.2, -0.15) is 0 Å². The lowest BCUT2D eigenvalue weighted by molar-refractivity contribution is -0.121. The first-order valence-corrected chi connectivity index (χ1v) is 6.71. The summed E-state index contributed by atoms with van der Waals surface area (Å²) in [6.45, 7) is 3.11. The monoisotopic (exact) mass is 271 g/mol. The summed E-state index contributed by atoms with van der Waals surface area (Å²) in [5.41, 5.74) is 2.50. The van der Waals surface area contributed by atoms with Gasteiger partial charge in [-0.1, -0.05) is 0 Å². The maximum atomic E-state index is 11.4. The second-order valence-corrected chi connectivity index (χ2v) is 4.82. The maximum absolute atomic E-state index is 11.4. The Morgan fingerprint density at radius 2 is 2.26 bits per heavy atom. The molecule has 1 rings (SSSR count). The molecule has 0 spiro atoms. The Kier molecular flexibility index (Phi) is 7.20. The van der Waals surface area contributed by atoms with E-state index in [1.54, 1.807) is 7.11 Å². The number of hydrogen-bond acceptors (Lipinski definition) is 4. The third-order valence-corrected chi connectivity index (χ3v) is 2.71. The first-order chi connectivity index (χ1) is 9.15. The van der Waals surface area contributed by atoms with Crippen molar-refractivity contribution in [3.05, 3.63) is 0 Å². The van der Waals surface area contributed by atoms with Crippen LogP contribution in [0.15, 0.2) is 4.99 Å². The van der Waals surface area contributed by atoms with Crippen molar-refractivity contribution in [2.45, 2.75) is 44.7 Å². The van der Waals surface area contributed by atoms with Gasteiger partial charge in [0, 0.05) is 32.2 Å². The highest BCUT2D eigenvalue weighted by Gasteiger charge is 2.22. The molecule has 0 heterocycles. The fourth-order valence-electron chi connectivity index (χ4n) is 1.62. The number of rotatable bonds is 8. The van der Waals surface area contributed by atoms with Crippen LogP contribution in [0.1, 0.15) is 32.6 Å². The number of aliphatic imine (C=N–C) groups is 1. The van der Waals surface area contributed by atoms with Crippen LogP contribution in [0.3, 0.4) is 0 Å². The number of ether oxygens (including phenoxy) is 1. The summed E-state index contributed by atoms with van der Waals surface area (Å²) in [6, 6.07) is 0.548. The summed E-state index contributed by atoms with van der Waals surface area (Å²) >= 11 is 0. The summed E-state index contributed by atoms with van der Waals surface area (Å²) in [7, 11) is 1.64. The van der Waals surface area contributed by atoms with Crippen molar-refractivity contribution in [3.8, 4) is 0 Å². The molecule has 19 heavy (non-hydrogen) atoms. The molecule has 5 N–H and O–H groups in total. The third-order valence-electron chi connectivity index (χ3n) is 2.71. The van der Waals surface area contributed by atoms with Crippen molar-refractivity contribution in [2.75, 3.05) is 20.3 Å². The molecule has 1 saturated carbocycles. The fourth-order valence-corrected chi connectivity index (χ4v) is 1.62. The predicted octanol–water partition coefficient (Wildman–Crippen LogP) is -0.511. The SMILES string of the molecule is COCC(C)NC(=NCCCC(=O)NC1CC1)NN. The predicted molar refractivity (Wildman–Crippen MR) is 74.5 cm³/mol. The lowest BCUT2D eigenvalue weighted by atomic mass is 10.3. The number of nitrogens with two attached hydrogens (primary N) is 1. The molecule has 0 saturated heterocycles. The van der Waals surface area contributed by atoms with E-state index in [1.807, 2.05) is 6.92 Å². The summed E-state index contributed by atoms with van der Waals surface area (Å²) in [5, 5.41) is 6.03. The number of methoxy groups -OCH3 is 1. The smallest absolute Gasteiger partial charge is 0.220 e. The molecule has 1 aliphatic rings. The van der Waals surface area contributed by atoms with Gasteiger partial charge in [-0.05, 0) is 26.2 Å². The minimum Gasteiger partial charge on any atom is -0.383 e. The maximum Gasteiger partial charge on any atom is 0.220 e. The number of carbonyl (C=O) groups is 1. The number of nitrogens with one attached hydrogen (secondary N) is 3. The Bertz CT molecular complexity index is 304. The van der Waals surface area contributed by atoms with E-state index in [0.717, 1.165) is 12.8 Å². The van der Waals surface area contributed by atoms with Crippen molar-refractivity contribution < 1.29 is 9.53 Å². The van der Waals surface area contributed by atoms with Gasteiger partial charge in [0.2, 0.25) is 11.9 Å². The van der Waals surface area contributed by atoms with Gasteiger partial charge in [-0.25, -0.2) is 5.84 Å². The van der Waals surface area contributed by atoms with Crippen LogP contribution in [0.5, 0.6) is 0 Å². The van der Waals surface area contributed by atoms with E-state index in [2.05, 4.69) is 21.1 Å². The minimum atomic E-state index is 0.112. The van der Waals surface area contributed by atoms with E-state index in [0.29, 0.717) is 38.0 Å². The van der Waals surface area contributed by atoms with Gasteiger partial charge >= 0.3 is 0 Å². The largest absolute Gasteiger partial charge is 0.383 e. The summed E-state index contributed by atoms with van der Waals surface area (Å²) in [5.74, 6) is 6.00.